The Morgan fingerprint density at radius 2 is 1.94 bits per heavy atom. The van der Waals surface area contributed by atoms with E-state index in [1.54, 1.807) is 0 Å². The Balaban J connectivity index is 2.34. The van der Waals surface area contributed by atoms with Crippen molar-refractivity contribution < 1.29 is 5.21 Å². The second kappa shape index (κ2) is 3.81. The van der Waals surface area contributed by atoms with Crippen molar-refractivity contribution in [2.24, 2.45) is 0 Å². The molecule has 0 saturated heterocycles. The Morgan fingerprint density at radius 1 is 1.22 bits per heavy atom. The number of H-pyrrole nitrogens is 1. The van der Waals surface area contributed by atoms with E-state index in [2.05, 4.69) is 9.97 Å². The molecule has 18 heavy (non-hydrogen) atoms. The van der Waals surface area contributed by atoms with Gasteiger partial charge >= 0.3 is 11.2 Å². The van der Waals surface area contributed by atoms with E-state index < -0.39 is 11.2 Å². The lowest BCUT2D eigenvalue weighted by Crippen LogP contribution is -2.32. The molecule has 2 heterocycles. The van der Waals surface area contributed by atoms with Gasteiger partial charge in [0.2, 0.25) is 0 Å². The standard InChI is InChI=1S/C11H7N3O3S/c15-10-7-9(13-11(16)14(10)17)18-8(12-7)6-4-2-1-3-5-6/h1-5,17H,(H,13,16). The molecule has 90 valence electrons. The Hall–Kier alpha value is -2.41. The molecule has 0 amide bonds. The van der Waals surface area contributed by atoms with Crippen LogP contribution in [-0.4, -0.2) is 19.9 Å². The highest BCUT2D eigenvalue weighted by Gasteiger charge is 2.12. The molecule has 0 aliphatic carbocycles. The van der Waals surface area contributed by atoms with Gasteiger partial charge in [-0.2, -0.15) is 0 Å². The Morgan fingerprint density at radius 3 is 2.67 bits per heavy atom. The van der Waals surface area contributed by atoms with Gasteiger partial charge in [-0.05, 0) is 0 Å². The van der Waals surface area contributed by atoms with Gasteiger partial charge in [0.15, 0.2) is 5.52 Å². The van der Waals surface area contributed by atoms with Crippen molar-refractivity contribution in [3.63, 3.8) is 0 Å². The van der Waals surface area contributed by atoms with E-state index in [0.717, 1.165) is 5.56 Å². The number of hydrogen-bond acceptors (Lipinski definition) is 5. The van der Waals surface area contributed by atoms with Crippen molar-refractivity contribution in [1.82, 2.24) is 14.7 Å². The minimum Gasteiger partial charge on any atom is -0.421 e. The van der Waals surface area contributed by atoms with E-state index in [-0.39, 0.29) is 10.2 Å². The fourth-order valence-corrected chi connectivity index (χ4v) is 2.55. The van der Waals surface area contributed by atoms with Crippen LogP contribution >= 0.6 is 11.3 Å². The SMILES string of the molecule is O=c1[nH]c2sc(-c3ccccc3)nc2c(=O)n1O. The predicted octanol–water partition coefficient (Wildman–Crippen LogP) is 1.05. The van der Waals surface area contributed by atoms with Crippen LogP contribution in [0, 0.1) is 0 Å². The van der Waals surface area contributed by atoms with Crippen molar-refractivity contribution in [3.05, 3.63) is 51.2 Å². The summed E-state index contributed by atoms with van der Waals surface area (Å²) >= 11 is 1.20. The van der Waals surface area contributed by atoms with Crippen LogP contribution in [0.3, 0.4) is 0 Å². The van der Waals surface area contributed by atoms with E-state index in [9.17, 15) is 14.8 Å². The lowest BCUT2D eigenvalue weighted by molar-refractivity contribution is 0.162. The molecule has 0 spiro atoms. The Bertz CT molecular complexity index is 832. The third kappa shape index (κ3) is 1.52. The topological polar surface area (TPSA) is 88.0 Å². The number of aromatic nitrogens is 3. The van der Waals surface area contributed by atoms with E-state index in [1.165, 1.54) is 11.3 Å². The number of benzene rings is 1. The normalized spacial score (nSPS) is 10.9. The maximum absolute atomic E-state index is 11.6. The third-order valence-corrected chi connectivity index (χ3v) is 3.48. The zero-order valence-corrected chi connectivity index (χ0v) is 9.77. The number of nitrogens with zero attached hydrogens (tertiary/aromatic N) is 2. The second-order valence-corrected chi connectivity index (χ2v) is 4.61. The molecule has 0 bridgehead atoms. The summed E-state index contributed by atoms with van der Waals surface area (Å²) in [6.07, 6.45) is 0. The van der Waals surface area contributed by atoms with Crippen LogP contribution in [0.4, 0.5) is 0 Å². The van der Waals surface area contributed by atoms with Gasteiger partial charge in [0.05, 0.1) is 0 Å². The van der Waals surface area contributed by atoms with Gasteiger partial charge in [-0.1, -0.05) is 46.4 Å². The van der Waals surface area contributed by atoms with Crippen LogP contribution in [-0.2, 0) is 0 Å². The molecule has 0 atom stereocenters. The third-order valence-electron chi connectivity index (χ3n) is 2.46. The molecule has 1 aromatic carbocycles. The maximum Gasteiger partial charge on any atom is 0.363 e. The highest BCUT2D eigenvalue weighted by molar-refractivity contribution is 7.21. The van der Waals surface area contributed by atoms with Gasteiger partial charge in [-0.3, -0.25) is 9.78 Å². The molecule has 0 aliphatic rings. The average Bonchev–Trinajstić information content (AvgIpc) is 2.81. The largest absolute Gasteiger partial charge is 0.421 e. The summed E-state index contributed by atoms with van der Waals surface area (Å²) in [7, 11) is 0. The quantitative estimate of drug-likeness (QED) is 0.641. The molecule has 0 aliphatic heterocycles. The van der Waals surface area contributed by atoms with Gasteiger partial charge < -0.3 is 5.21 Å². The van der Waals surface area contributed by atoms with Gasteiger partial charge in [-0.25, -0.2) is 9.78 Å². The molecule has 3 aromatic rings. The molecule has 2 N–H and O–H groups in total. The van der Waals surface area contributed by atoms with E-state index in [1.807, 2.05) is 30.3 Å². The number of fused-ring (bicyclic) bond motifs is 1. The van der Waals surface area contributed by atoms with Crippen LogP contribution < -0.4 is 11.2 Å². The van der Waals surface area contributed by atoms with Crippen LogP contribution in [0.5, 0.6) is 0 Å². The first-order valence-electron chi connectivity index (χ1n) is 5.07. The number of hydrogen-bond donors (Lipinski definition) is 2. The first kappa shape index (κ1) is 10.7. The van der Waals surface area contributed by atoms with Crippen LogP contribution in [0.2, 0.25) is 0 Å². The molecule has 0 radical (unpaired) electrons. The number of nitrogens with one attached hydrogen (secondary N) is 1. The van der Waals surface area contributed by atoms with Gasteiger partial charge in [-0.15, -0.1) is 0 Å². The minimum absolute atomic E-state index is 0.0246. The van der Waals surface area contributed by atoms with Crippen molar-refractivity contribution in [3.8, 4) is 10.6 Å². The molecule has 0 fully saturated rings. The summed E-state index contributed by atoms with van der Waals surface area (Å²) < 4.78 is 0.0246. The first-order valence-corrected chi connectivity index (χ1v) is 5.89. The molecule has 6 nitrogen and oxygen atoms in total. The van der Waals surface area contributed by atoms with Crippen LogP contribution in [0.15, 0.2) is 39.9 Å². The van der Waals surface area contributed by atoms with Crippen LogP contribution in [0.1, 0.15) is 0 Å². The highest BCUT2D eigenvalue weighted by atomic mass is 32.1. The molecule has 0 unspecified atom stereocenters. The van der Waals surface area contributed by atoms with E-state index >= 15 is 0 Å². The van der Waals surface area contributed by atoms with Gasteiger partial charge in [0.25, 0.3) is 0 Å². The average molecular weight is 261 g/mol. The summed E-state index contributed by atoms with van der Waals surface area (Å²) in [5, 5.41) is 9.82. The highest BCUT2D eigenvalue weighted by Crippen LogP contribution is 2.26. The van der Waals surface area contributed by atoms with Crippen molar-refractivity contribution in [2.45, 2.75) is 0 Å². The summed E-state index contributed by atoms with van der Waals surface area (Å²) in [6.45, 7) is 0. The van der Waals surface area contributed by atoms with Crippen molar-refractivity contribution >= 4 is 21.7 Å². The Kier molecular flexibility index (Phi) is 2.27. The molecule has 7 heteroatoms. The lowest BCUT2D eigenvalue weighted by Gasteiger charge is -1.92. The maximum atomic E-state index is 11.6. The molecule has 0 saturated carbocycles. The summed E-state index contributed by atoms with van der Waals surface area (Å²) in [4.78, 5) is 29.8. The molecular weight excluding hydrogens is 254 g/mol. The first-order chi connectivity index (χ1) is 8.66. The molecule has 2 aromatic heterocycles. The summed E-state index contributed by atoms with van der Waals surface area (Å²) in [5.74, 6) is 0. The molecule has 3 rings (SSSR count). The summed E-state index contributed by atoms with van der Waals surface area (Å²) in [5.41, 5.74) is -0.771. The van der Waals surface area contributed by atoms with Gasteiger partial charge in [0.1, 0.15) is 9.84 Å². The van der Waals surface area contributed by atoms with E-state index in [4.69, 9.17) is 0 Å². The zero-order valence-electron chi connectivity index (χ0n) is 8.95. The number of rotatable bonds is 1. The zero-order chi connectivity index (χ0) is 12.7. The van der Waals surface area contributed by atoms with Crippen LogP contribution in [0.25, 0.3) is 20.9 Å². The molecular formula is C11H7N3O3S. The Labute approximate surface area is 104 Å². The number of thiazole rings is 1. The predicted molar refractivity (Wildman–Crippen MR) is 67.1 cm³/mol. The second-order valence-electron chi connectivity index (χ2n) is 3.61. The lowest BCUT2D eigenvalue weighted by atomic mass is 10.2. The number of aromatic amines is 1. The monoisotopic (exact) mass is 261 g/mol. The summed E-state index contributed by atoms with van der Waals surface area (Å²) in [6, 6.07) is 9.29. The smallest absolute Gasteiger partial charge is 0.363 e. The van der Waals surface area contributed by atoms with Crippen molar-refractivity contribution in [2.75, 3.05) is 0 Å². The van der Waals surface area contributed by atoms with E-state index in [0.29, 0.717) is 9.84 Å². The van der Waals surface area contributed by atoms with Crippen molar-refractivity contribution in [1.29, 1.82) is 0 Å². The minimum atomic E-state index is -0.865. The fraction of sp³-hybridized carbons (Fsp3) is 0. The fourth-order valence-electron chi connectivity index (χ4n) is 1.60. The van der Waals surface area contributed by atoms with Gasteiger partial charge in [0, 0.05) is 5.56 Å².